The molecule has 112 valence electrons. The van der Waals surface area contributed by atoms with Gasteiger partial charge < -0.3 is 11.1 Å². The number of fused-ring (bicyclic) bond motifs is 1. The number of carbonyl (C=O) groups is 1. The Hall–Kier alpha value is -2.24. The summed E-state index contributed by atoms with van der Waals surface area (Å²) >= 11 is 1.46. The molecule has 3 aromatic rings. The van der Waals surface area contributed by atoms with E-state index in [2.05, 4.69) is 16.4 Å². The lowest BCUT2D eigenvalue weighted by atomic mass is 10.1. The average Bonchev–Trinajstić information content (AvgIpc) is 2.89. The van der Waals surface area contributed by atoms with Crippen LogP contribution in [-0.4, -0.2) is 16.9 Å². The number of anilines is 1. The quantitative estimate of drug-likeness (QED) is 0.778. The summed E-state index contributed by atoms with van der Waals surface area (Å²) in [7, 11) is 0. The van der Waals surface area contributed by atoms with Crippen LogP contribution in [0.25, 0.3) is 10.2 Å². The highest BCUT2D eigenvalue weighted by Crippen LogP contribution is 2.26. The van der Waals surface area contributed by atoms with Crippen molar-refractivity contribution in [1.82, 2.24) is 4.98 Å². The number of thiazole rings is 1. The molecule has 1 amide bonds. The molecule has 0 fully saturated rings. The van der Waals surface area contributed by atoms with Crippen LogP contribution in [-0.2, 0) is 11.2 Å². The van der Waals surface area contributed by atoms with Gasteiger partial charge in [0.1, 0.15) is 0 Å². The van der Waals surface area contributed by atoms with E-state index in [1.54, 1.807) is 0 Å². The highest BCUT2D eigenvalue weighted by atomic mass is 32.1. The molecule has 1 heterocycles. The number of nitrogens with zero attached hydrogens (tertiary/aromatic N) is 1. The summed E-state index contributed by atoms with van der Waals surface area (Å²) in [5, 5.41) is 3.41. The molecule has 0 aliphatic rings. The summed E-state index contributed by atoms with van der Waals surface area (Å²) in [4.78, 5) is 16.6. The molecule has 3 N–H and O–H groups in total. The van der Waals surface area contributed by atoms with Crippen LogP contribution in [0.4, 0.5) is 5.13 Å². The zero-order valence-electron chi connectivity index (χ0n) is 12.2. The molecule has 1 atom stereocenters. The van der Waals surface area contributed by atoms with Crippen molar-refractivity contribution < 1.29 is 4.79 Å². The zero-order chi connectivity index (χ0) is 15.5. The first-order chi connectivity index (χ1) is 10.6. The van der Waals surface area contributed by atoms with Crippen LogP contribution < -0.4 is 11.1 Å². The van der Waals surface area contributed by atoms with Gasteiger partial charge in [-0.2, -0.15) is 0 Å². The fraction of sp³-hybridized carbons (Fsp3) is 0.176. The van der Waals surface area contributed by atoms with Gasteiger partial charge in [-0.25, -0.2) is 4.98 Å². The van der Waals surface area contributed by atoms with Crippen molar-refractivity contribution in [2.24, 2.45) is 5.73 Å². The van der Waals surface area contributed by atoms with Crippen molar-refractivity contribution in [1.29, 1.82) is 0 Å². The SMILES string of the molecule is Cc1ccc2nc(NC(=O)[C@@H](N)Cc3ccccc3)sc2c1. The van der Waals surface area contributed by atoms with Crippen molar-refractivity contribution in [2.45, 2.75) is 19.4 Å². The molecule has 5 heteroatoms. The van der Waals surface area contributed by atoms with Crippen molar-refractivity contribution in [2.75, 3.05) is 5.32 Å². The minimum Gasteiger partial charge on any atom is -0.320 e. The molecule has 0 unspecified atom stereocenters. The van der Waals surface area contributed by atoms with E-state index in [0.29, 0.717) is 11.6 Å². The van der Waals surface area contributed by atoms with Gasteiger partial charge in [0.25, 0.3) is 0 Å². The zero-order valence-corrected chi connectivity index (χ0v) is 13.1. The maximum atomic E-state index is 12.2. The Morgan fingerprint density at radius 2 is 2.05 bits per heavy atom. The topological polar surface area (TPSA) is 68.0 Å². The van der Waals surface area contributed by atoms with Gasteiger partial charge in [0.2, 0.25) is 5.91 Å². The lowest BCUT2D eigenvalue weighted by molar-refractivity contribution is -0.117. The molecule has 0 spiro atoms. The number of benzene rings is 2. The van der Waals surface area contributed by atoms with Gasteiger partial charge in [-0.1, -0.05) is 47.7 Å². The molecule has 22 heavy (non-hydrogen) atoms. The van der Waals surface area contributed by atoms with E-state index in [0.717, 1.165) is 15.8 Å². The highest BCUT2D eigenvalue weighted by Gasteiger charge is 2.16. The second-order valence-corrected chi connectivity index (χ2v) is 6.31. The lowest BCUT2D eigenvalue weighted by Gasteiger charge is -2.10. The largest absolute Gasteiger partial charge is 0.320 e. The summed E-state index contributed by atoms with van der Waals surface area (Å²) in [5.74, 6) is -0.209. The van der Waals surface area contributed by atoms with Crippen LogP contribution in [0.15, 0.2) is 48.5 Å². The maximum absolute atomic E-state index is 12.2. The number of aromatic nitrogens is 1. The first-order valence-corrected chi connectivity index (χ1v) is 7.91. The van der Waals surface area contributed by atoms with Crippen molar-refractivity contribution in [3.63, 3.8) is 0 Å². The van der Waals surface area contributed by atoms with E-state index >= 15 is 0 Å². The molecular weight excluding hydrogens is 294 g/mol. The minimum absolute atomic E-state index is 0.209. The van der Waals surface area contributed by atoms with Gasteiger partial charge >= 0.3 is 0 Å². The second kappa shape index (κ2) is 6.25. The third-order valence-corrected chi connectivity index (χ3v) is 4.34. The molecule has 2 aromatic carbocycles. The Bertz CT molecular complexity index is 798. The number of nitrogens with two attached hydrogens (primary N) is 1. The fourth-order valence-electron chi connectivity index (χ4n) is 2.24. The number of rotatable bonds is 4. The molecule has 0 bridgehead atoms. The predicted molar refractivity (Wildman–Crippen MR) is 91.1 cm³/mol. The minimum atomic E-state index is -0.587. The van der Waals surface area contributed by atoms with E-state index in [1.165, 1.54) is 16.9 Å². The summed E-state index contributed by atoms with van der Waals surface area (Å²) in [6.45, 7) is 2.03. The summed E-state index contributed by atoms with van der Waals surface area (Å²) in [6, 6.07) is 15.2. The molecule has 0 aliphatic carbocycles. The van der Waals surface area contributed by atoms with Crippen LogP contribution in [0.2, 0.25) is 0 Å². The first-order valence-electron chi connectivity index (χ1n) is 7.09. The predicted octanol–water partition coefficient (Wildman–Crippen LogP) is 3.11. The number of hydrogen-bond donors (Lipinski definition) is 2. The first kappa shape index (κ1) is 14.7. The summed E-state index contributed by atoms with van der Waals surface area (Å²) in [6.07, 6.45) is 0.511. The van der Waals surface area contributed by atoms with Gasteiger partial charge in [-0.05, 0) is 36.6 Å². The molecule has 0 saturated carbocycles. The van der Waals surface area contributed by atoms with Gasteiger partial charge in [0.15, 0.2) is 5.13 Å². The molecule has 1 aromatic heterocycles. The fourth-order valence-corrected chi connectivity index (χ4v) is 3.21. The Kier molecular flexibility index (Phi) is 4.18. The van der Waals surface area contributed by atoms with E-state index < -0.39 is 6.04 Å². The van der Waals surface area contributed by atoms with Crippen molar-refractivity contribution in [3.8, 4) is 0 Å². The molecular formula is C17H17N3OS. The Labute approximate surface area is 133 Å². The van der Waals surface area contributed by atoms with Crippen LogP contribution in [0, 0.1) is 6.92 Å². The molecule has 4 nitrogen and oxygen atoms in total. The van der Waals surface area contributed by atoms with Gasteiger partial charge in [-0.3, -0.25) is 4.79 Å². The van der Waals surface area contributed by atoms with E-state index in [-0.39, 0.29) is 5.91 Å². The third-order valence-electron chi connectivity index (χ3n) is 3.41. The highest BCUT2D eigenvalue weighted by molar-refractivity contribution is 7.22. The molecule has 0 saturated heterocycles. The van der Waals surface area contributed by atoms with Crippen molar-refractivity contribution >= 4 is 32.6 Å². The Morgan fingerprint density at radius 1 is 1.27 bits per heavy atom. The van der Waals surface area contributed by atoms with Crippen LogP contribution in [0.1, 0.15) is 11.1 Å². The monoisotopic (exact) mass is 311 g/mol. The molecule has 0 radical (unpaired) electrons. The Balaban J connectivity index is 1.69. The number of nitrogens with one attached hydrogen (secondary N) is 1. The van der Waals surface area contributed by atoms with Gasteiger partial charge in [0, 0.05) is 0 Å². The van der Waals surface area contributed by atoms with Crippen LogP contribution >= 0.6 is 11.3 Å². The number of carbonyl (C=O) groups excluding carboxylic acids is 1. The van der Waals surface area contributed by atoms with E-state index in [9.17, 15) is 4.79 Å². The summed E-state index contributed by atoms with van der Waals surface area (Å²) in [5.41, 5.74) is 9.09. The lowest BCUT2D eigenvalue weighted by Crippen LogP contribution is -2.37. The number of amides is 1. The molecule has 0 aliphatic heterocycles. The molecule has 3 rings (SSSR count). The average molecular weight is 311 g/mol. The van der Waals surface area contributed by atoms with E-state index in [1.807, 2.05) is 49.4 Å². The van der Waals surface area contributed by atoms with Crippen LogP contribution in [0.5, 0.6) is 0 Å². The standard InChI is InChI=1S/C17H17N3OS/c1-11-7-8-14-15(9-11)22-17(19-14)20-16(21)13(18)10-12-5-3-2-4-6-12/h2-9,13H,10,18H2,1H3,(H,19,20,21)/t13-/m0/s1. The smallest absolute Gasteiger partial charge is 0.243 e. The van der Waals surface area contributed by atoms with Crippen LogP contribution in [0.3, 0.4) is 0 Å². The number of hydrogen-bond acceptors (Lipinski definition) is 4. The number of aryl methyl sites for hydroxylation is 1. The van der Waals surface area contributed by atoms with Gasteiger partial charge in [0.05, 0.1) is 16.3 Å². The Morgan fingerprint density at radius 3 is 2.82 bits per heavy atom. The van der Waals surface area contributed by atoms with Gasteiger partial charge in [-0.15, -0.1) is 0 Å². The summed E-state index contributed by atoms with van der Waals surface area (Å²) < 4.78 is 1.06. The third kappa shape index (κ3) is 3.32. The second-order valence-electron chi connectivity index (χ2n) is 5.28. The normalized spacial score (nSPS) is 12.3. The van der Waals surface area contributed by atoms with Crippen molar-refractivity contribution in [3.05, 3.63) is 59.7 Å². The maximum Gasteiger partial charge on any atom is 0.243 e. The van der Waals surface area contributed by atoms with E-state index in [4.69, 9.17) is 5.73 Å².